The molecule has 3 rings (SSSR count). The molecule has 0 saturated heterocycles. The Morgan fingerprint density at radius 3 is 2.64 bits per heavy atom. The minimum Gasteiger partial charge on any atom is -0.388 e. The van der Waals surface area contributed by atoms with Crippen molar-refractivity contribution < 1.29 is 5.11 Å². The molecule has 0 aromatic heterocycles. The smallest absolute Gasteiger partial charge is 0.0804 e. The molecule has 0 aromatic carbocycles. The maximum Gasteiger partial charge on any atom is 0.0804 e. The Morgan fingerprint density at radius 2 is 2.14 bits per heavy atom. The molecule has 3 aliphatic carbocycles. The molecule has 0 amide bonds. The number of hydrogen-bond donors (Lipinski definition) is 2. The summed E-state index contributed by atoms with van der Waals surface area (Å²) in [5.41, 5.74) is -0.0450. The summed E-state index contributed by atoms with van der Waals surface area (Å²) in [6, 6.07) is 0. The second-order valence-electron chi connectivity index (χ2n) is 5.73. The van der Waals surface area contributed by atoms with Crippen LogP contribution < -0.4 is 5.32 Å². The van der Waals surface area contributed by atoms with Gasteiger partial charge in [-0.1, -0.05) is 20.8 Å². The molecule has 0 spiro atoms. The second-order valence-corrected chi connectivity index (χ2v) is 5.73. The molecule has 2 bridgehead atoms. The fraction of sp³-hybridized carbons (Fsp3) is 1.00. The highest BCUT2D eigenvalue weighted by Gasteiger charge is 2.60. The molecular formula is C12H23NO. The molecule has 3 aliphatic rings. The SMILES string of the molecule is CCNCC1(O)CCC2CC1C2(C)C. The fourth-order valence-corrected chi connectivity index (χ4v) is 3.57. The van der Waals surface area contributed by atoms with Crippen LogP contribution in [0.3, 0.4) is 0 Å². The van der Waals surface area contributed by atoms with Crippen LogP contribution in [-0.2, 0) is 0 Å². The number of hydrogen-bond acceptors (Lipinski definition) is 2. The zero-order chi connectivity index (χ0) is 10.4. The van der Waals surface area contributed by atoms with Gasteiger partial charge < -0.3 is 10.4 Å². The average molecular weight is 197 g/mol. The van der Waals surface area contributed by atoms with Crippen molar-refractivity contribution >= 4 is 0 Å². The summed E-state index contributed by atoms with van der Waals surface area (Å²) < 4.78 is 0. The van der Waals surface area contributed by atoms with Crippen LogP contribution >= 0.6 is 0 Å². The van der Waals surface area contributed by atoms with Crippen LogP contribution in [0.15, 0.2) is 0 Å². The van der Waals surface area contributed by atoms with E-state index in [1.165, 1.54) is 12.8 Å². The standard InChI is InChI=1S/C12H23NO/c1-4-13-8-12(14)6-5-9-7-10(12)11(9,2)3/h9-10,13-14H,4-8H2,1-3H3. The average Bonchev–Trinajstić information content (AvgIpc) is 2.14. The lowest BCUT2D eigenvalue weighted by Gasteiger charge is -2.63. The van der Waals surface area contributed by atoms with E-state index in [-0.39, 0.29) is 0 Å². The van der Waals surface area contributed by atoms with Gasteiger partial charge in [-0.3, -0.25) is 0 Å². The van der Waals surface area contributed by atoms with Crippen molar-refractivity contribution in [1.29, 1.82) is 0 Å². The number of nitrogens with one attached hydrogen (secondary N) is 1. The molecule has 0 aromatic rings. The predicted molar refractivity (Wildman–Crippen MR) is 58.1 cm³/mol. The summed E-state index contributed by atoms with van der Waals surface area (Å²) >= 11 is 0. The minimum atomic E-state index is -0.422. The van der Waals surface area contributed by atoms with Gasteiger partial charge in [-0.2, -0.15) is 0 Å². The van der Waals surface area contributed by atoms with Crippen molar-refractivity contribution in [2.24, 2.45) is 17.3 Å². The largest absolute Gasteiger partial charge is 0.388 e. The Balaban J connectivity index is 2.05. The third-order valence-corrected chi connectivity index (χ3v) is 4.73. The summed E-state index contributed by atoms with van der Waals surface area (Å²) in [6.07, 6.45) is 3.46. The first-order chi connectivity index (χ1) is 6.50. The number of fused-ring (bicyclic) bond motifs is 2. The molecule has 0 radical (unpaired) electrons. The Kier molecular flexibility index (Phi) is 2.39. The highest BCUT2D eigenvalue weighted by Crippen LogP contribution is 2.62. The van der Waals surface area contributed by atoms with Crippen LogP contribution in [0.2, 0.25) is 0 Å². The van der Waals surface area contributed by atoms with Gasteiger partial charge in [0.2, 0.25) is 0 Å². The first-order valence-electron chi connectivity index (χ1n) is 5.94. The van der Waals surface area contributed by atoms with Gasteiger partial charge in [0, 0.05) is 6.54 Å². The lowest BCUT2D eigenvalue weighted by Crippen LogP contribution is -2.64. The Bertz CT molecular complexity index is 224. The normalized spacial score (nSPS) is 44.6. The zero-order valence-electron chi connectivity index (χ0n) is 9.64. The van der Waals surface area contributed by atoms with Gasteiger partial charge in [0.25, 0.3) is 0 Å². The summed E-state index contributed by atoms with van der Waals surface area (Å²) in [4.78, 5) is 0. The van der Waals surface area contributed by atoms with Crippen LogP contribution in [0.4, 0.5) is 0 Å². The predicted octanol–water partition coefficient (Wildman–Crippen LogP) is 1.78. The third-order valence-electron chi connectivity index (χ3n) is 4.73. The van der Waals surface area contributed by atoms with Crippen molar-refractivity contribution in [3.8, 4) is 0 Å². The van der Waals surface area contributed by atoms with Crippen molar-refractivity contribution in [3.63, 3.8) is 0 Å². The van der Waals surface area contributed by atoms with E-state index in [1.54, 1.807) is 0 Å². The van der Waals surface area contributed by atoms with Gasteiger partial charge in [0.05, 0.1) is 5.60 Å². The summed E-state index contributed by atoms with van der Waals surface area (Å²) in [7, 11) is 0. The molecule has 0 aliphatic heterocycles. The Hall–Kier alpha value is -0.0800. The maximum atomic E-state index is 10.6. The van der Waals surface area contributed by atoms with Crippen LogP contribution in [0, 0.1) is 17.3 Å². The molecule has 82 valence electrons. The van der Waals surface area contributed by atoms with Crippen molar-refractivity contribution in [3.05, 3.63) is 0 Å². The Labute approximate surface area is 87.1 Å². The van der Waals surface area contributed by atoms with E-state index >= 15 is 0 Å². The maximum absolute atomic E-state index is 10.6. The zero-order valence-corrected chi connectivity index (χ0v) is 9.64. The molecule has 14 heavy (non-hydrogen) atoms. The van der Waals surface area contributed by atoms with Gasteiger partial charge in [-0.15, -0.1) is 0 Å². The Morgan fingerprint density at radius 1 is 1.43 bits per heavy atom. The van der Waals surface area contributed by atoms with E-state index in [2.05, 4.69) is 26.1 Å². The minimum absolute atomic E-state index is 0.377. The van der Waals surface area contributed by atoms with Crippen molar-refractivity contribution in [1.82, 2.24) is 5.32 Å². The first kappa shape index (κ1) is 10.4. The monoisotopic (exact) mass is 197 g/mol. The lowest BCUT2D eigenvalue weighted by molar-refractivity contribution is -0.199. The van der Waals surface area contributed by atoms with Crippen LogP contribution in [0.25, 0.3) is 0 Å². The summed E-state index contributed by atoms with van der Waals surface area (Å²) in [6.45, 7) is 8.48. The molecule has 2 heteroatoms. The quantitative estimate of drug-likeness (QED) is 0.723. The van der Waals surface area contributed by atoms with Crippen molar-refractivity contribution in [2.75, 3.05) is 13.1 Å². The van der Waals surface area contributed by atoms with Gasteiger partial charge in [0.1, 0.15) is 0 Å². The van der Waals surface area contributed by atoms with Crippen LogP contribution in [-0.4, -0.2) is 23.8 Å². The van der Waals surface area contributed by atoms with E-state index < -0.39 is 5.60 Å². The first-order valence-corrected chi connectivity index (χ1v) is 5.94. The van der Waals surface area contributed by atoms with E-state index in [0.29, 0.717) is 11.3 Å². The molecule has 3 unspecified atom stereocenters. The molecule has 2 nitrogen and oxygen atoms in total. The van der Waals surface area contributed by atoms with Gasteiger partial charge in [-0.25, -0.2) is 0 Å². The molecule has 2 N–H and O–H groups in total. The fourth-order valence-electron chi connectivity index (χ4n) is 3.57. The van der Waals surface area contributed by atoms with Gasteiger partial charge >= 0.3 is 0 Å². The van der Waals surface area contributed by atoms with E-state index in [4.69, 9.17) is 0 Å². The van der Waals surface area contributed by atoms with E-state index in [0.717, 1.165) is 25.4 Å². The highest BCUT2D eigenvalue weighted by molar-refractivity contribution is 5.10. The van der Waals surface area contributed by atoms with Gasteiger partial charge in [0.15, 0.2) is 0 Å². The summed E-state index contributed by atoms with van der Waals surface area (Å²) in [5.74, 6) is 1.39. The third kappa shape index (κ3) is 1.31. The topological polar surface area (TPSA) is 32.3 Å². The number of rotatable bonds is 3. The van der Waals surface area contributed by atoms with Gasteiger partial charge in [-0.05, 0) is 43.1 Å². The lowest BCUT2D eigenvalue weighted by atomic mass is 9.44. The number of aliphatic hydroxyl groups is 1. The molecule has 3 atom stereocenters. The molecule has 3 saturated carbocycles. The molecule has 0 heterocycles. The molecular weight excluding hydrogens is 174 g/mol. The van der Waals surface area contributed by atoms with Crippen molar-refractivity contribution in [2.45, 2.75) is 45.6 Å². The molecule has 3 fully saturated rings. The van der Waals surface area contributed by atoms with E-state index in [1.807, 2.05) is 0 Å². The summed E-state index contributed by atoms with van der Waals surface area (Å²) in [5, 5.41) is 13.9. The highest BCUT2D eigenvalue weighted by atomic mass is 16.3. The second kappa shape index (κ2) is 3.21. The van der Waals surface area contributed by atoms with Crippen LogP contribution in [0.1, 0.15) is 40.0 Å². The van der Waals surface area contributed by atoms with E-state index in [9.17, 15) is 5.11 Å². The number of likely N-dealkylation sites (N-methyl/N-ethyl adjacent to an activating group) is 1. The van der Waals surface area contributed by atoms with Crippen LogP contribution in [0.5, 0.6) is 0 Å².